The van der Waals surface area contributed by atoms with Gasteiger partial charge in [0.1, 0.15) is 4.88 Å². The number of nitrogens with zero attached hydrogens (tertiary/aromatic N) is 2. The molecule has 1 aliphatic rings. The lowest BCUT2D eigenvalue weighted by atomic mass is 9.99. The molecule has 0 bridgehead atoms. The number of hydrogen-bond acceptors (Lipinski definition) is 5. The Morgan fingerprint density at radius 3 is 2.94 bits per heavy atom. The molecule has 3 rings (SSSR count). The molecule has 1 aliphatic carbocycles. The van der Waals surface area contributed by atoms with Gasteiger partial charge in [-0.3, -0.25) is 4.79 Å². The van der Waals surface area contributed by atoms with Crippen LogP contribution >= 0.6 is 22.9 Å². The fourth-order valence-electron chi connectivity index (χ4n) is 2.05. The van der Waals surface area contributed by atoms with Crippen molar-refractivity contribution in [2.24, 2.45) is 0 Å². The van der Waals surface area contributed by atoms with Crippen LogP contribution in [0.5, 0.6) is 0 Å². The molecule has 0 spiro atoms. The van der Waals surface area contributed by atoms with Gasteiger partial charge in [-0.25, -0.2) is 0 Å². The average Bonchev–Trinajstić information content (AvgIpc) is 2.81. The van der Waals surface area contributed by atoms with Gasteiger partial charge in [-0.05, 0) is 53.7 Å². The van der Waals surface area contributed by atoms with Crippen molar-refractivity contribution in [1.82, 2.24) is 14.9 Å². The van der Waals surface area contributed by atoms with Crippen molar-refractivity contribution in [3.05, 3.63) is 33.0 Å². The van der Waals surface area contributed by atoms with Gasteiger partial charge >= 0.3 is 0 Å². The van der Waals surface area contributed by atoms with Gasteiger partial charge in [0.15, 0.2) is 0 Å². The number of thiophene rings is 1. The summed E-state index contributed by atoms with van der Waals surface area (Å²) in [5.41, 5.74) is 2.24. The second-order valence-corrected chi connectivity index (χ2v) is 6.20. The molecule has 0 aromatic carbocycles. The minimum atomic E-state index is -0.0518. The van der Waals surface area contributed by atoms with Crippen molar-refractivity contribution < 1.29 is 4.79 Å². The molecule has 2 heterocycles. The van der Waals surface area contributed by atoms with Gasteiger partial charge in [0.05, 0.1) is 5.69 Å². The van der Waals surface area contributed by atoms with E-state index >= 15 is 0 Å². The van der Waals surface area contributed by atoms with Gasteiger partial charge in [0, 0.05) is 12.0 Å². The zero-order valence-corrected chi connectivity index (χ0v) is 11.6. The second kappa shape index (κ2) is 4.44. The van der Waals surface area contributed by atoms with Crippen LogP contribution < -0.4 is 5.32 Å². The van der Waals surface area contributed by atoms with Crippen LogP contribution in [0.1, 0.15) is 33.8 Å². The molecule has 0 aliphatic heterocycles. The summed E-state index contributed by atoms with van der Waals surface area (Å²) in [6.45, 7) is 2.52. The molecule has 6 heteroatoms. The molecule has 94 valence electrons. The molecule has 2 aromatic heterocycles. The zero-order chi connectivity index (χ0) is 12.6. The van der Waals surface area contributed by atoms with E-state index in [9.17, 15) is 4.79 Å². The number of hydrogen-bond donors (Lipinski definition) is 1. The first kappa shape index (κ1) is 11.8. The van der Waals surface area contributed by atoms with Crippen LogP contribution in [-0.2, 0) is 5.41 Å². The van der Waals surface area contributed by atoms with E-state index in [4.69, 9.17) is 0 Å². The molecule has 0 saturated heterocycles. The van der Waals surface area contributed by atoms with Crippen molar-refractivity contribution >= 4 is 28.8 Å². The van der Waals surface area contributed by atoms with E-state index in [0.717, 1.165) is 24.4 Å². The van der Waals surface area contributed by atoms with E-state index < -0.39 is 0 Å². The Labute approximate surface area is 113 Å². The third kappa shape index (κ3) is 2.06. The van der Waals surface area contributed by atoms with Crippen molar-refractivity contribution in [2.75, 3.05) is 6.54 Å². The minimum Gasteiger partial charge on any atom is -0.350 e. The maximum atomic E-state index is 12.0. The summed E-state index contributed by atoms with van der Waals surface area (Å²) < 4.78 is 3.79. The number of carbonyl (C=O) groups excluding carboxylic acids is 1. The highest BCUT2D eigenvalue weighted by molar-refractivity contribution is 7.08. The monoisotopic (exact) mass is 279 g/mol. The number of aryl methyl sites for hydroxylation is 1. The lowest BCUT2D eigenvalue weighted by molar-refractivity contribution is 0.0953. The van der Waals surface area contributed by atoms with Crippen LogP contribution in [0.4, 0.5) is 0 Å². The van der Waals surface area contributed by atoms with Crippen molar-refractivity contribution in [3.63, 3.8) is 0 Å². The lowest BCUT2D eigenvalue weighted by Gasteiger charge is -2.14. The predicted molar refractivity (Wildman–Crippen MR) is 72.2 cm³/mol. The lowest BCUT2D eigenvalue weighted by Crippen LogP contribution is -2.31. The number of amides is 1. The first-order chi connectivity index (χ1) is 8.71. The number of nitrogens with one attached hydrogen (secondary N) is 1. The van der Waals surface area contributed by atoms with Crippen LogP contribution in [0, 0.1) is 6.92 Å². The van der Waals surface area contributed by atoms with E-state index in [1.165, 1.54) is 5.56 Å². The van der Waals surface area contributed by atoms with Crippen LogP contribution in [0.2, 0.25) is 0 Å². The highest BCUT2D eigenvalue weighted by Crippen LogP contribution is 2.48. The first-order valence-electron chi connectivity index (χ1n) is 5.81. The Balaban J connectivity index is 1.66. The van der Waals surface area contributed by atoms with E-state index in [0.29, 0.717) is 17.1 Å². The molecule has 0 radical (unpaired) electrons. The van der Waals surface area contributed by atoms with Gasteiger partial charge < -0.3 is 5.32 Å². The smallest absolute Gasteiger partial charge is 0.264 e. The van der Waals surface area contributed by atoms with Gasteiger partial charge in [-0.15, -0.1) is 5.10 Å². The molecule has 1 saturated carbocycles. The summed E-state index contributed by atoms with van der Waals surface area (Å²) in [5.74, 6) is -0.0518. The summed E-state index contributed by atoms with van der Waals surface area (Å²) in [5, 5.41) is 11.1. The van der Waals surface area contributed by atoms with E-state index in [2.05, 4.69) is 31.7 Å². The maximum absolute atomic E-state index is 12.0. The van der Waals surface area contributed by atoms with Gasteiger partial charge in [0.25, 0.3) is 5.91 Å². The minimum absolute atomic E-state index is 0.0518. The average molecular weight is 279 g/mol. The van der Waals surface area contributed by atoms with Crippen LogP contribution in [0.15, 0.2) is 16.8 Å². The Hall–Kier alpha value is -1.27. The molecular weight excluding hydrogens is 266 g/mol. The van der Waals surface area contributed by atoms with E-state index in [1.54, 1.807) is 11.3 Å². The zero-order valence-electron chi connectivity index (χ0n) is 9.97. The fraction of sp³-hybridized carbons (Fsp3) is 0.417. The Morgan fingerprint density at radius 2 is 2.39 bits per heavy atom. The molecule has 1 amide bonds. The number of aromatic nitrogens is 2. The Kier molecular flexibility index (Phi) is 2.91. The van der Waals surface area contributed by atoms with Crippen LogP contribution in [-0.4, -0.2) is 22.0 Å². The largest absolute Gasteiger partial charge is 0.350 e. The Morgan fingerprint density at radius 1 is 1.56 bits per heavy atom. The molecule has 1 fully saturated rings. The summed E-state index contributed by atoms with van der Waals surface area (Å²) >= 11 is 2.87. The second-order valence-electron chi connectivity index (χ2n) is 4.66. The van der Waals surface area contributed by atoms with Crippen LogP contribution in [0.3, 0.4) is 0 Å². The third-order valence-electron chi connectivity index (χ3n) is 3.43. The van der Waals surface area contributed by atoms with Crippen molar-refractivity contribution in [1.29, 1.82) is 0 Å². The normalized spacial score (nSPS) is 16.5. The maximum Gasteiger partial charge on any atom is 0.264 e. The molecule has 18 heavy (non-hydrogen) atoms. The van der Waals surface area contributed by atoms with Crippen LogP contribution in [0.25, 0.3) is 0 Å². The summed E-state index contributed by atoms with van der Waals surface area (Å²) in [6, 6.07) is 2.16. The SMILES string of the molecule is Cc1nnsc1C(=O)NCC1(c2ccsc2)CC1. The van der Waals surface area contributed by atoms with Gasteiger partial charge in [-0.2, -0.15) is 11.3 Å². The quantitative estimate of drug-likeness (QED) is 0.935. The number of rotatable bonds is 4. The number of carbonyl (C=O) groups is 1. The van der Waals surface area contributed by atoms with Crippen molar-refractivity contribution in [3.8, 4) is 0 Å². The predicted octanol–water partition coefficient (Wildman–Crippen LogP) is 2.37. The molecule has 0 unspecified atom stereocenters. The van der Waals surface area contributed by atoms with Gasteiger partial charge in [0.2, 0.25) is 0 Å². The summed E-state index contributed by atoms with van der Waals surface area (Å²) in [7, 11) is 0. The van der Waals surface area contributed by atoms with Gasteiger partial charge in [-0.1, -0.05) is 4.49 Å². The standard InChI is InChI=1S/C12H13N3OS2/c1-8-10(18-15-14-8)11(16)13-7-12(3-4-12)9-2-5-17-6-9/h2,5-6H,3-4,7H2,1H3,(H,13,16). The topological polar surface area (TPSA) is 54.9 Å². The highest BCUT2D eigenvalue weighted by Gasteiger charge is 2.44. The fourth-order valence-corrected chi connectivity index (χ4v) is 3.41. The van der Waals surface area contributed by atoms with Crippen molar-refractivity contribution in [2.45, 2.75) is 25.2 Å². The molecular formula is C12H13N3OS2. The third-order valence-corrected chi connectivity index (χ3v) is 4.94. The summed E-state index contributed by atoms with van der Waals surface area (Å²) in [4.78, 5) is 12.6. The van der Waals surface area contributed by atoms with E-state index in [1.807, 2.05) is 6.92 Å². The highest BCUT2D eigenvalue weighted by atomic mass is 32.1. The molecule has 0 atom stereocenters. The van der Waals surface area contributed by atoms with E-state index in [-0.39, 0.29) is 11.3 Å². The molecule has 2 aromatic rings. The molecule has 1 N–H and O–H groups in total. The molecule has 4 nitrogen and oxygen atoms in total. The first-order valence-corrected chi connectivity index (χ1v) is 7.53. The Bertz CT molecular complexity index is 558. The summed E-state index contributed by atoms with van der Waals surface area (Å²) in [6.07, 6.45) is 2.31.